The van der Waals surface area contributed by atoms with Crippen LogP contribution in [0.5, 0.6) is 0 Å². The molecule has 1 nitrogen and oxygen atoms in total. The molecule has 2 rings (SSSR count). The molecule has 0 heterocycles. The molecule has 0 saturated heterocycles. The molecule has 0 radical (unpaired) electrons. The van der Waals surface area contributed by atoms with Crippen molar-refractivity contribution in [3.05, 3.63) is 47.5 Å². The number of nitrogens with two attached hydrogens (primary N) is 1. The van der Waals surface area contributed by atoms with Crippen LogP contribution in [0.25, 0.3) is 0 Å². The third-order valence-corrected chi connectivity index (χ3v) is 3.47. The first kappa shape index (κ1) is 14.3. The summed E-state index contributed by atoms with van der Waals surface area (Å²) >= 11 is 0. The van der Waals surface area contributed by atoms with Crippen molar-refractivity contribution in [3.8, 4) is 0 Å². The molecular weight excluding hydrogens is 230 g/mol. The van der Waals surface area contributed by atoms with Gasteiger partial charge >= 0.3 is 0 Å². The molecule has 0 fully saturated rings. The Morgan fingerprint density at radius 3 is 2.59 bits per heavy atom. The Hall–Kier alpha value is -0.790. The fourth-order valence-corrected chi connectivity index (χ4v) is 2.49. The van der Waals surface area contributed by atoms with Crippen molar-refractivity contribution >= 4 is 12.4 Å². The molecule has 0 aliphatic heterocycles. The van der Waals surface area contributed by atoms with Gasteiger partial charge in [0.1, 0.15) is 0 Å². The highest BCUT2D eigenvalue weighted by Gasteiger charge is 2.15. The maximum Gasteiger partial charge on any atom is -0.00114 e. The summed E-state index contributed by atoms with van der Waals surface area (Å²) in [5.41, 5.74) is 8.85. The zero-order chi connectivity index (χ0) is 11.2. The summed E-state index contributed by atoms with van der Waals surface area (Å²) in [4.78, 5) is 0. The van der Waals surface area contributed by atoms with E-state index in [2.05, 4.69) is 36.4 Å². The molecule has 0 amide bonds. The van der Waals surface area contributed by atoms with Gasteiger partial charge in [0.15, 0.2) is 0 Å². The summed E-state index contributed by atoms with van der Waals surface area (Å²) in [6.07, 6.45) is 8.68. The lowest BCUT2D eigenvalue weighted by Crippen LogP contribution is -2.17. The Labute approximate surface area is 111 Å². The predicted molar refractivity (Wildman–Crippen MR) is 76.5 cm³/mol. The third-order valence-electron chi connectivity index (χ3n) is 3.47. The smallest absolute Gasteiger partial charge is 0.00114 e. The van der Waals surface area contributed by atoms with Crippen molar-refractivity contribution in [2.45, 2.75) is 32.1 Å². The van der Waals surface area contributed by atoms with Gasteiger partial charge in [-0.25, -0.2) is 0 Å². The largest absolute Gasteiger partial charge is 0.330 e. The van der Waals surface area contributed by atoms with E-state index in [1.807, 2.05) is 0 Å². The number of hydrogen-bond donors (Lipinski definition) is 1. The predicted octanol–water partition coefficient (Wildman–Crippen LogP) is 3.73. The van der Waals surface area contributed by atoms with Crippen molar-refractivity contribution in [2.24, 2.45) is 11.7 Å². The zero-order valence-corrected chi connectivity index (χ0v) is 11.1. The van der Waals surface area contributed by atoms with Gasteiger partial charge in [-0.05, 0) is 43.7 Å². The fourth-order valence-electron chi connectivity index (χ4n) is 2.49. The second-order valence-corrected chi connectivity index (χ2v) is 4.66. The molecule has 1 aliphatic carbocycles. The van der Waals surface area contributed by atoms with Crippen LogP contribution in [0, 0.1) is 5.92 Å². The summed E-state index contributed by atoms with van der Waals surface area (Å²) in [5, 5.41) is 0. The van der Waals surface area contributed by atoms with Crippen molar-refractivity contribution < 1.29 is 0 Å². The summed E-state index contributed by atoms with van der Waals surface area (Å²) in [6.45, 7) is 0.804. The molecule has 1 aromatic rings. The molecular formula is C15H22ClN. The molecule has 1 aliphatic rings. The van der Waals surface area contributed by atoms with Crippen LogP contribution in [0.1, 0.15) is 31.2 Å². The monoisotopic (exact) mass is 251 g/mol. The first-order chi connectivity index (χ1) is 7.90. The highest BCUT2D eigenvalue weighted by Crippen LogP contribution is 2.25. The van der Waals surface area contributed by atoms with E-state index in [0.717, 1.165) is 13.0 Å². The number of allylic oxidation sites excluding steroid dienone is 1. The summed E-state index contributed by atoms with van der Waals surface area (Å²) in [7, 11) is 0. The van der Waals surface area contributed by atoms with Gasteiger partial charge in [0.05, 0.1) is 0 Å². The summed E-state index contributed by atoms with van der Waals surface area (Å²) in [5.74, 6) is 0.614. The number of benzene rings is 1. The first-order valence-corrected chi connectivity index (χ1v) is 6.33. The highest BCUT2D eigenvalue weighted by molar-refractivity contribution is 5.85. The average molecular weight is 252 g/mol. The Bertz CT molecular complexity index is 345. The van der Waals surface area contributed by atoms with Crippen LogP contribution in [0.15, 0.2) is 42.0 Å². The van der Waals surface area contributed by atoms with E-state index in [4.69, 9.17) is 5.73 Å². The topological polar surface area (TPSA) is 26.0 Å². The minimum atomic E-state index is 0. The fraction of sp³-hybridized carbons (Fsp3) is 0.467. The van der Waals surface area contributed by atoms with E-state index in [1.54, 1.807) is 5.57 Å². The van der Waals surface area contributed by atoms with Gasteiger partial charge < -0.3 is 5.73 Å². The maximum atomic E-state index is 5.88. The highest BCUT2D eigenvalue weighted by atomic mass is 35.5. The quantitative estimate of drug-likeness (QED) is 0.814. The van der Waals surface area contributed by atoms with Crippen LogP contribution < -0.4 is 5.73 Å². The van der Waals surface area contributed by atoms with Gasteiger partial charge in [-0.1, -0.05) is 48.4 Å². The third kappa shape index (κ3) is 4.18. The van der Waals surface area contributed by atoms with E-state index in [9.17, 15) is 0 Å². The molecule has 0 saturated carbocycles. The van der Waals surface area contributed by atoms with Crippen LogP contribution in [0.2, 0.25) is 0 Å². The lowest BCUT2D eigenvalue weighted by molar-refractivity contribution is 0.541. The van der Waals surface area contributed by atoms with Gasteiger partial charge in [-0.3, -0.25) is 0 Å². The first-order valence-electron chi connectivity index (χ1n) is 6.33. The molecule has 2 heteroatoms. The second-order valence-electron chi connectivity index (χ2n) is 4.66. The molecule has 1 unspecified atom stereocenters. The van der Waals surface area contributed by atoms with E-state index >= 15 is 0 Å². The Morgan fingerprint density at radius 2 is 1.88 bits per heavy atom. The average Bonchev–Trinajstić information content (AvgIpc) is 2.55. The summed E-state index contributed by atoms with van der Waals surface area (Å²) in [6, 6.07) is 10.7. The van der Waals surface area contributed by atoms with E-state index in [0.29, 0.717) is 5.92 Å². The Morgan fingerprint density at radius 1 is 1.12 bits per heavy atom. The van der Waals surface area contributed by atoms with Gasteiger partial charge in [-0.15, -0.1) is 12.4 Å². The molecule has 2 N–H and O–H groups in total. The van der Waals surface area contributed by atoms with Crippen molar-refractivity contribution in [2.75, 3.05) is 6.54 Å². The van der Waals surface area contributed by atoms with Crippen LogP contribution in [-0.2, 0) is 6.42 Å². The lowest BCUT2D eigenvalue weighted by atomic mass is 9.90. The summed E-state index contributed by atoms with van der Waals surface area (Å²) < 4.78 is 0. The molecule has 17 heavy (non-hydrogen) atoms. The molecule has 1 aromatic carbocycles. The van der Waals surface area contributed by atoms with E-state index < -0.39 is 0 Å². The van der Waals surface area contributed by atoms with E-state index in [1.165, 1.54) is 31.2 Å². The van der Waals surface area contributed by atoms with E-state index in [-0.39, 0.29) is 12.4 Å². The zero-order valence-electron chi connectivity index (χ0n) is 10.3. The Kier molecular flexibility index (Phi) is 6.31. The number of rotatable bonds is 3. The van der Waals surface area contributed by atoms with Crippen molar-refractivity contribution in [1.29, 1.82) is 0 Å². The van der Waals surface area contributed by atoms with Crippen LogP contribution in [0.3, 0.4) is 0 Å². The number of hydrogen-bond acceptors (Lipinski definition) is 1. The van der Waals surface area contributed by atoms with Crippen molar-refractivity contribution in [1.82, 2.24) is 0 Å². The minimum absolute atomic E-state index is 0. The van der Waals surface area contributed by atoms with Crippen LogP contribution in [0.4, 0.5) is 0 Å². The van der Waals surface area contributed by atoms with Gasteiger partial charge in [-0.2, -0.15) is 0 Å². The van der Waals surface area contributed by atoms with Gasteiger partial charge in [0, 0.05) is 0 Å². The standard InChI is InChI=1S/C15H21N.ClH/c16-12-15-10-6-2-5-9-14(15)11-13-7-3-1-4-8-13;/h1,3-4,7-9,15H,2,5-6,10-12,16H2;1H. The molecule has 94 valence electrons. The molecule has 0 spiro atoms. The van der Waals surface area contributed by atoms with Crippen LogP contribution >= 0.6 is 12.4 Å². The minimum Gasteiger partial charge on any atom is -0.330 e. The normalized spacial score (nSPS) is 20.1. The molecule has 0 aromatic heterocycles. The molecule has 1 atom stereocenters. The SMILES string of the molecule is Cl.NCC1CCCCC=C1Cc1ccccc1. The number of halogens is 1. The lowest BCUT2D eigenvalue weighted by Gasteiger charge is -2.17. The van der Waals surface area contributed by atoms with Crippen molar-refractivity contribution in [3.63, 3.8) is 0 Å². The molecule has 0 bridgehead atoms. The van der Waals surface area contributed by atoms with Gasteiger partial charge in [0.2, 0.25) is 0 Å². The second kappa shape index (κ2) is 7.52. The Balaban J connectivity index is 0.00000144. The maximum absolute atomic E-state index is 5.88. The van der Waals surface area contributed by atoms with Gasteiger partial charge in [0.25, 0.3) is 0 Å². The van der Waals surface area contributed by atoms with Crippen LogP contribution in [-0.4, -0.2) is 6.54 Å².